The fraction of sp³-hybridized carbons (Fsp3) is 0.269. The minimum atomic E-state index is -4.39. The smallest absolute Gasteiger partial charge is 0.416 e. The third-order valence-electron chi connectivity index (χ3n) is 4.90. The highest BCUT2D eigenvalue weighted by atomic mass is 19.4. The van der Waals surface area contributed by atoms with E-state index in [1.54, 1.807) is 36.4 Å². The van der Waals surface area contributed by atoms with Gasteiger partial charge >= 0.3 is 6.18 Å². The largest absolute Gasteiger partial charge is 0.509 e. The number of rotatable bonds is 10. The summed E-state index contributed by atoms with van der Waals surface area (Å²) in [5.41, 5.74) is 1.77. The van der Waals surface area contributed by atoms with Gasteiger partial charge in [0.15, 0.2) is 6.10 Å². The zero-order valence-corrected chi connectivity index (χ0v) is 18.9. The number of hydrogen-bond donors (Lipinski definition) is 1. The van der Waals surface area contributed by atoms with E-state index in [-0.39, 0.29) is 19.0 Å². The van der Waals surface area contributed by atoms with Crippen molar-refractivity contribution in [2.45, 2.75) is 26.1 Å². The number of aryl methyl sites for hydroxylation is 1. The van der Waals surface area contributed by atoms with Crippen LogP contribution >= 0.6 is 0 Å². The van der Waals surface area contributed by atoms with Gasteiger partial charge in [0, 0.05) is 12.2 Å². The van der Waals surface area contributed by atoms with Crippen molar-refractivity contribution < 1.29 is 32.5 Å². The molecule has 2 aromatic carbocycles. The van der Waals surface area contributed by atoms with Crippen LogP contribution in [0.5, 0.6) is 11.5 Å². The lowest BCUT2D eigenvalue weighted by atomic mass is 10.1. The summed E-state index contributed by atoms with van der Waals surface area (Å²) >= 11 is 0. The number of aliphatic hydroxyl groups excluding tert-OH is 1. The maximum Gasteiger partial charge on any atom is 0.416 e. The maximum atomic E-state index is 12.9. The van der Waals surface area contributed by atoms with Crippen molar-refractivity contribution in [2.24, 2.45) is 0 Å². The van der Waals surface area contributed by atoms with Crippen LogP contribution in [0.25, 0.3) is 11.3 Å². The molecule has 0 aliphatic heterocycles. The summed E-state index contributed by atoms with van der Waals surface area (Å²) in [6.45, 7) is 7.83. The molecule has 0 aliphatic carbocycles. The molecule has 3 rings (SSSR count). The number of hydrogen-bond acceptors (Lipinski definition) is 5. The first-order valence-corrected chi connectivity index (χ1v) is 10.7. The highest BCUT2D eigenvalue weighted by Crippen LogP contribution is 2.32. The number of alkyl halides is 3. The third kappa shape index (κ3) is 6.74. The average Bonchev–Trinajstić information content (AvgIpc) is 2.80. The first kappa shape index (κ1) is 25.1. The van der Waals surface area contributed by atoms with Crippen molar-refractivity contribution in [1.29, 1.82) is 0 Å². The number of aliphatic hydroxyl groups is 1. The molecule has 0 saturated heterocycles. The summed E-state index contributed by atoms with van der Waals surface area (Å²) < 4.78 is 55.9. The fourth-order valence-corrected chi connectivity index (χ4v) is 3.21. The normalized spacial score (nSPS) is 12.3. The molecule has 1 atom stereocenters. The summed E-state index contributed by atoms with van der Waals surface area (Å²) in [7, 11) is 0. The van der Waals surface area contributed by atoms with E-state index in [0.717, 1.165) is 17.7 Å². The minimum Gasteiger partial charge on any atom is -0.509 e. The van der Waals surface area contributed by atoms with Gasteiger partial charge in [-0.3, -0.25) is 0 Å². The lowest BCUT2D eigenvalue weighted by molar-refractivity contribution is -0.137. The van der Waals surface area contributed by atoms with Crippen LogP contribution in [0.3, 0.4) is 0 Å². The fourth-order valence-electron chi connectivity index (χ4n) is 3.21. The second-order valence-corrected chi connectivity index (χ2v) is 7.57. The Morgan fingerprint density at radius 1 is 1.09 bits per heavy atom. The van der Waals surface area contributed by atoms with Gasteiger partial charge in [0.05, 0.1) is 23.6 Å². The van der Waals surface area contributed by atoms with Crippen molar-refractivity contribution in [3.05, 3.63) is 89.8 Å². The first-order valence-electron chi connectivity index (χ1n) is 10.7. The van der Waals surface area contributed by atoms with E-state index in [1.807, 2.05) is 13.8 Å². The second-order valence-electron chi connectivity index (χ2n) is 7.57. The molecule has 1 aromatic heterocycles. The Balaban J connectivity index is 1.83. The molecular formula is C26H26F3NO4. The van der Waals surface area contributed by atoms with Gasteiger partial charge in [-0.1, -0.05) is 24.8 Å². The van der Waals surface area contributed by atoms with E-state index in [1.165, 1.54) is 12.1 Å². The number of benzene rings is 2. The number of aromatic nitrogens is 1. The predicted octanol–water partition coefficient (Wildman–Crippen LogP) is 6.68. The van der Waals surface area contributed by atoms with Gasteiger partial charge in [-0.2, -0.15) is 13.2 Å². The van der Waals surface area contributed by atoms with E-state index >= 15 is 0 Å². The SMILES string of the molecule is C=C(O)COc1ccc(O[C@@H](COCC)c2cccc(-c3ccc(C(F)(F)F)cc3)n2)cc1C. The van der Waals surface area contributed by atoms with Crippen molar-refractivity contribution in [3.8, 4) is 22.8 Å². The Kier molecular flexibility index (Phi) is 8.17. The predicted molar refractivity (Wildman–Crippen MR) is 123 cm³/mol. The third-order valence-corrected chi connectivity index (χ3v) is 4.90. The second kappa shape index (κ2) is 11.1. The molecule has 0 bridgehead atoms. The molecule has 0 fully saturated rings. The molecule has 1 N–H and O–H groups in total. The molecule has 5 nitrogen and oxygen atoms in total. The van der Waals surface area contributed by atoms with E-state index in [9.17, 15) is 18.3 Å². The Morgan fingerprint density at radius 2 is 1.82 bits per heavy atom. The quantitative estimate of drug-likeness (QED) is 0.333. The maximum absolute atomic E-state index is 12.9. The van der Waals surface area contributed by atoms with Crippen LogP contribution in [0.15, 0.2) is 73.0 Å². The van der Waals surface area contributed by atoms with Gasteiger partial charge in [0.25, 0.3) is 0 Å². The molecule has 180 valence electrons. The van der Waals surface area contributed by atoms with Gasteiger partial charge < -0.3 is 19.3 Å². The van der Waals surface area contributed by atoms with E-state index in [2.05, 4.69) is 11.6 Å². The molecule has 0 radical (unpaired) electrons. The number of nitrogens with zero attached hydrogens (tertiary/aromatic N) is 1. The van der Waals surface area contributed by atoms with E-state index < -0.39 is 17.8 Å². The average molecular weight is 473 g/mol. The molecule has 3 aromatic rings. The number of halogens is 3. The van der Waals surface area contributed by atoms with Crippen LogP contribution in [0.1, 0.15) is 29.8 Å². The highest BCUT2D eigenvalue weighted by Gasteiger charge is 2.30. The molecule has 0 unspecified atom stereocenters. The summed E-state index contributed by atoms with van der Waals surface area (Å²) in [6, 6.07) is 15.4. The number of pyridine rings is 1. The Morgan fingerprint density at radius 3 is 2.44 bits per heavy atom. The summed E-state index contributed by atoms with van der Waals surface area (Å²) in [4.78, 5) is 4.62. The molecule has 0 saturated carbocycles. The molecule has 8 heteroatoms. The topological polar surface area (TPSA) is 60.8 Å². The Hall–Kier alpha value is -3.52. The summed E-state index contributed by atoms with van der Waals surface area (Å²) in [5.74, 6) is 1.08. The molecule has 0 spiro atoms. The van der Waals surface area contributed by atoms with Gasteiger partial charge in [-0.25, -0.2) is 4.98 Å². The zero-order valence-electron chi connectivity index (χ0n) is 18.9. The molecule has 34 heavy (non-hydrogen) atoms. The number of ether oxygens (including phenoxy) is 3. The van der Waals surface area contributed by atoms with Gasteiger partial charge in [0.2, 0.25) is 0 Å². The Labute approximate surface area is 196 Å². The molecule has 0 aliphatic rings. The Bertz CT molecular complexity index is 1110. The minimum absolute atomic E-state index is 0.00529. The molecule has 1 heterocycles. The van der Waals surface area contributed by atoms with Crippen LogP contribution in [0, 0.1) is 6.92 Å². The molecular weight excluding hydrogens is 447 g/mol. The van der Waals surface area contributed by atoms with Crippen LogP contribution < -0.4 is 9.47 Å². The standard InChI is InChI=1S/C26H26F3NO4/c1-4-32-16-25(34-21-12-13-24(17(2)14-21)33-15-18(3)31)23-7-5-6-22(30-23)19-8-10-20(11-9-19)26(27,28)29/h5-14,25,31H,3-4,15-16H2,1-2H3/t25-/m0/s1. The van der Waals surface area contributed by atoms with Crippen molar-refractivity contribution in [3.63, 3.8) is 0 Å². The van der Waals surface area contributed by atoms with Gasteiger partial charge in [-0.15, -0.1) is 0 Å². The first-order chi connectivity index (χ1) is 16.2. The lowest BCUT2D eigenvalue weighted by Crippen LogP contribution is -2.16. The van der Waals surface area contributed by atoms with Gasteiger partial charge in [-0.05, 0) is 61.9 Å². The van der Waals surface area contributed by atoms with Crippen LogP contribution in [-0.4, -0.2) is 29.9 Å². The van der Waals surface area contributed by atoms with Crippen molar-refractivity contribution in [2.75, 3.05) is 19.8 Å². The van der Waals surface area contributed by atoms with Crippen molar-refractivity contribution >= 4 is 0 Å². The summed E-state index contributed by atoms with van der Waals surface area (Å²) in [5, 5.41) is 9.23. The van der Waals surface area contributed by atoms with Crippen LogP contribution in [-0.2, 0) is 10.9 Å². The summed E-state index contributed by atoms with van der Waals surface area (Å²) in [6.07, 6.45) is -4.94. The lowest BCUT2D eigenvalue weighted by Gasteiger charge is -2.20. The molecule has 0 amide bonds. The van der Waals surface area contributed by atoms with E-state index in [0.29, 0.717) is 35.1 Å². The van der Waals surface area contributed by atoms with Crippen LogP contribution in [0.4, 0.5) is 13.2 Å². The zero-order chi connectivity index (χ0) is 24.7. The monoisotopic (exact) mass is 473 g/mol. The highest BCUT2D eigenvalue weighted by molar-refractivity contribution is 5.59. The van der Waals surface area contributed by atoms with Crippen molar-refractivity contribution in [1.82, 2.24) is 4.98 Å². The van der Waals surface area contributed by atoms with Crippen LogP contribution in [0.2, 0.25) is 0 Å². The van der Waals surface area contributed by atoms with E-state index in [4.69, 9.17) is 14.2 Å². The van der Waals surface area contributed by atoms with Gasteiger partial charge in [0.1, 0.15) is 23.9 Å².